The number of nitrogens with two attached hydrogens (primary N) is 1. The van der Waals surface area contributed by atoms with Crippen molar-refractivity contribution >= 4 is 5.97 Å². The maximum absolute atomic E-state index is 10.4. The number of carboxylic acid groups (broad SMARTS) is 1. The third-order valence-electron chi connectivity index (χ3n) is 2.11. The maximum atomic E-state index is 10.4. The van der Waals surface area contributed by atoms with Gasteiger partial charge >= 0.3 is 5.97 Å². The highest BCUT2D eigenvalue weighted by Gasteiger charge is 2.22. The normalized spacial score (nSPS) is 14.5. The van der Waals surface area contributed by atoms with Crippen LogP contribution in [0.4, 0.5) is 0 Å². The van der Waals surface area contributed by atoms with Crippen LogP contribution in [0.3, 0.4) is 0 Å². The molecular weight excluding hydrogens is 198 g/mol. The highest BCUT2D eigenvalue weighted by Crippen LogP contribution is 2.17. The second-order valence-electron chi connectivity index (χ2n) is 3.28. The summed E-state index contributed by atoms with van der Waals surface area (Å²) in [6, 6.07) is 5.53. The third kappa shape index (κ3) is 2.93. The zero-order chi connectivity index (χ0) is 11.4. The minimum absolute atomic E-state index is 0.0468. The molecule has 5 nitrogen and oxygen atoms in total. The average molecular weight is 211 g/mol. The zero-order valence-corrected chi connectivity index (χ0v) is 8.00. The number of phenolic OH excluding ortho intramolecular Hbond substituents is 1. The van der Waals surface area contributed by atoms with Crippen molar-refractivity contribution in [2.45, 2.75) is 18.6 Å². The Morgan fingerprint density at radius 3 is 2.53 bits per heavy atom. The molecule has 0 aromatic heterocycles. The number of benzene rings is 1. The minimum atomic E-state index is -1.62. The molecule has 1 rings (SSSR count). The van der Waals surface area contributed by atoms with E-state index in [-0.39, 0.29) is 12.2 Å². The summed E-state index contributed by atoms with van der Waals surface area (Å²) in [5.41, 5.74) is 6.00. The summed E-state index contributed by atoms with van der Waals surface area (Å²) in [4.78, 5) is 10.4. The van der Waals surface area contributed by atoms with Crippen molar-refractivity contribution in [2.75, 3.05) is 0 Å². The van der Waals surface area contributed by atoms with E-state index in [2.05, 4.69) is 0 Å². The van der Waals surface area contributed by atoms with Gasteiger partial charge in [0, 0.05) is 6.04 Å². The smallest absolute Gasteiger partial charge is 0.334 e. The van der Waals surface area contributed by atoms with Crippen LogP contribution >= 0.6 is 0 Å². The number of hydrogen-bond acceptors (Lipinski definition) is 4. The number of aliphatic hydroxyl groups is 1. The molecule has 0 amide bonds. The molecule has 0 saturated heterocycles. The van der Waals surface area contributed by atoms with Gasteiger partial charge in [0.2, 0.25) is 0 Å². The molecule has 0 heterocycles. The van der Waals surface area contributed by atoms with Gasteiger partial charge in [-0.25, -0.2) is 4.79 Å². The van der Waals surface area contributed by atoms with Crippen molar-refractivity contribution in [3.63, 3.8) is 0 Å². The molecule has 2 atom stereocenters. The van der Waals surface area contributed by atoms with Crippen LogP contribution in [-0.2, 0) is 11.2 Å². The fourth-order valence-electron chi connectivity index (χ4n) is 1.23. The monoisotopic (exact) mass is 211 g/mol. The number of carboxylic acids is 1. The van der Waals surface area contributed by atoms with Crippen molar-refractivity contribution < 1.29 is 20.1 Å². The SMILES string of the molecule is N[C@@H](Cc1ccccc1O)[C@@H](O)C(=O)O. The lowest BCUT2D eigenvalue weighted by molar-refractivity contribution is -0.147. The topological polar surface area (TPSA) is 104 Å². The van der Waals surface area contributed by atoms with Gasteiger partial charge < -0.3 is 21.1 Å². The molecule has 82 valence electrons. The Kier molecular flexibility index (Phi) is 3.65. The van der Waals surface area contributed by atoms with Crippen molar-refractivity contribution in [1.29, 1.82) is 0 Å². The lowest BCUT2D eigenvalue weighted by atomic mass is 10.0. The number of carbonyl (C=O) groups is 1. The molecule has 5 heteroatoms. The molecule has 0 fully saturated rings. The summed E-state index contributed by atoms with van der Waals surface area (Å²) in [6.45, 7) is 0. The summed E-state index contributed by atoms with van der Waals surface area (Å²) in [7, 11) is 0. The molecule has 1 aromatic carbocycles. The summed E-state index contributed by atoms with van der Waals surface area (Å²) in [6.07, 6.45) is -1.51. The number of phenols is 1. The van der Waals surface area contributed by atoms with Gasteiger partial charge in [-0.15, -0.1) is 0 Å². The van der Waals surface area contributed by atoms with Gasteiger partial charge in [-0.2, -0.15) is 0 Å². The predicted molar refractivity (Wildman–Crippen MR) is 53.4 cm³/mol. The van der Waals surface area contributed by atoms with E-state index in [4.69, 9.17) is 15.9 Å². The Bertz CT molecular complexity index is 353. The minimum Gasteiger partial charge on any atom is -0.508 e. The van der Waals surface area contributed by atoms with Gasteiger partial charge in [0.05, 0.1) is 0 Å². The second-order valence-corrected chi connectivity index (χ2v) is 3.28. The molecular formula is C10H13NO4. The summed E-state index contributed by atoms with van der Waals surface area (Å²) in [5.74, 6) is -1.32. The van der Waals surface area contributed by atoms with Crippen molar-refractivity contribution in [3.05, 3.63) is 29.8 Å². The number of aromatic hydroxyl groups is 1. The van der Waals surface area contributed by atoms with E-state index in [9.17, 15) is 9.90 Å². The molecule has 0 unspecified atom stereocenters. The Morgan fingerprint density at radius 2 is 2.00 bits per heavy atom. The molecule has 0 aliphatic heterocycles. The standard InChI is InChI=1S/C10H13NO4/c11-7(9(13)10(14)15)5-6-3-1-2-4-8(6)12/h1-4,7,9,12-13H,5,11H2,(H,14,15)/t7-,9+/m0/s1. The third-order valence-corrected chi connectivity index (χ3v) is 2.11. The first-order valence-corrected chi connectivity index (χ1v) is 4.45. The van der Waals surface area contributed by atoms with E-state index in [1.54, 1.807) is 18.2 Å². The molecule has 5 N–H and O–H groups in total. The van der Waals surface area contributed by atoms with E-state index in [0.717, 1.165) is 0 Å². The van der Waals surface area contributed by atoms with E-state index in [1.165, 1.54) is 6.07 Å². The van der Waals surface area contributed by atoms with Crippen LogP contribution in [0, 0.1) is 0 Å². The van der Waals surface area contributed by atoms with Gasteiger partial charge in [0.1, 0.15) is 5.75 Å². The van der Waals surface area contributed by atoms with Gasteiger partial charge in [-0.3, -0.25) is 0 Å². The van der Waals surface area contributed by atoms with Crippen molar-refractivity contribution in [3.8, 4) is 5.75 Å². The highest BCUT2D eigenvalue weighted by molar-refractivity contribution is 5.73. The Hall–Kier alpha value is -1.59. The fourth-order valence-corrected chi connectivity index (χ4v) is 1.23. The average Bonchev–Trinajstić information content (AvgIpc) is 2.20. The van der Waals surface area contributed by atoms with Gasteiger partial charge in [0.25, 0.3) is 0 Å². The van der Waals surface area contributed by atoms with Crippen LogP contribution in [0.2, 0.25) is 0 Å². The first kappa shape index (κ1) is 11.5. The lowest BCUT2D eigenvalue weighted by Crippen LogP contribution is -2.41. The maximum Gasteiger partial charge on any atom is 0.334 e. The molecule has 0 aliphatic rings. The lowest BCUT2D eigenvalue weighted by Gasteiger charge is -2.15. The van der Waals surface area contributed by atoms with Crippen LogP contribution in [0.25, 0.3) is 0 Å². The van der Waals surface area contributed by atoms with E-state index in [0.29, 0.717) is 5.56 Å². The van der Waals surface area contributed by atoms with Crippen molar-refractivity contribution in [2.24, 2.45) is 5.73 Å². The molecule has 0 saturated carbocycles. The van der Waals surface area contributed by atoms with Crippen LogP contribution in [0.1, 0.15) is 5.56 Å². The number of aliphatic carboxylic acids is 1. The highest BCUT2D eigenvalue weighted by atomic mass is 16.4. The largest absolute Gasteiger partial charge is 0.508 e. The molecule has 0 radical (unpaired) electrons. The first-order valence-electron chi connectivity index (χ1n) is 4.45. The number of hydrogen-bond donors (Lipinski definition) is 4. The van der Waals surface area contributed by atoms with Gasteiger partial charge in [-0.05, 0) is 18.1 Å². The second kappa shape index (κ2) is 4.77. The van der Waals surface area contributed by atoms with Crippen LogP contribution in [0.15, 0.2) is 24.3 Å². The van der Waals surface area contributed by atoms with Crippen molar-refractivity contribution in [1.82, 2.24) is 0 Å². The predicted octanol–water partition coefficient (Wildman–Crippen LogP) is -0.292. The molecule has 0 spiro atoms. The van der Waals surface area contributed by atoms with E-state index in [1.807, 2.05) is 0 Å². The molecule has 1 aromatic rings. The van der Waals surface area contributed by atoms with Gasteiger partial charge in [0.15, 0.2) is 6.10 Å². The van der Waals surface area contributed by atoms with E-state index >= 15 is 0 Å². The summed E-state index contributed by atoms with van der Waals surface area (Å²) in [5, 5.41) is 27.0. The van der Waals surface area contributed by atoms with E-state index < -0.39 is 18.1 Å². The molecule has 0 aliphatic carbocycles. The quantitative estimate of drug-likeness (QED) is 0.547. The number of rotatable bonds is 4. The Balaban J connectivity index is 2.70. The summed E-state index contributed by atoms with van der Waals surface area (Å²) < 4.78 is 0. The van der Waals surface area contributed by atoms with Crippen LogP contribution in [-0.4, -0.2) is 33.4 Å². The Labute approximate surface area is 86.8 Å². The molecule has 15 heavy (non-hydrogen) atoms. The van der Waals surface area contributed by atoms with Crippen LogP contribution in [0.5, 0.6) is 5.75 Å². The number of para-hydroxylation sites is 1. The first-order chi connectivity index (χ1) is 7.02. The summed E-state index contributed by atoms with van der Waals surface area (Å²) >= 11 is 0. The Morgan fingerprint density at radius 1 is 1.40 bits per heavy atom. The molecule has 0 bridgehead atoms. The number of aliphatic hydroxyl groups excluding tert-OH is 1. The van der Waals surface area contributed by atoms with Crippen LogP contribution < -0.4 is 5.73 Å². The van der Waals surface area contributed by atoms with Gasteiger partial charge in [-0.1, -0.05) is 18.2 Å². The fraction of sp³-hybridized carbons (Fsp3) is 0.300. The zero-order valence-electron chi connectivity index (χ0n) is 8.00.